The lowest BCUT2D eigenvalue weighted by Crippen LogP contribution is -2.33. The number of hydrogen-bond donors (Lipinski definition) is 1. The van der Waals surface area contributed by atoms with Crippen LogP contribution >= 0.6 is 0 Å². The predicted octanol–water partition coefficient (Wildman–Crippen LogP) is 1.78. The zero-order valence-electron chi connectivity index (χ0n) is 12.8. The average Bonchev–Trinajstić information content (AvgIpc) is 3.02. The molecule has 2 N–H and O–H groups in total. The van der Waals surface area contributed by atoms with Crippen LogP contribution in [0.3, 0.4) is 0 Å². The molecule has 0 fully saturated rings. The monoisotopic (exact) mass is 298 g/mol. The number of ether oxygens (including phenoxy) is 1. The summed E-state index contributed by atoms with van der Waals surface area (Å²) < 4.78 is 7.12. The summed E-state index contributed by atoms with van der Waals surface area (Å²) in [6.45, 7) is 3.98. The Hall–Kier alpha value is -2.54. The SMILES string of the molecule is CCC(C)(N)c1ccnc(-c2cn3ccnc3c(OC)n2)n1. The Morgan fingerprint density at radius 1 is 1.27 bits per heavy atom. The lowest BCUT2D eigenvalue weighted by molar-refractivity contribution is 0.400. The van der Waals surface area contributed by atoms with Gasteiger partial charge in [-0.15, -0.1) is 0 Å². The smallest absolute Gasteiger partial charge is 0.258 e. The Balaban J connectivity index is 2.13. The molecule has 7 nitrogen and oxygen atoms in total. The minimum atomic E-state index is -0.499. The summed E-state index contributed by atoms with van der Waals surface area (Å²) in [6, 6.07) is 1.83. The van der Waals surface area contributed by atoms with E-state index in [2.05, 4.69) is 19.9 Å². The number of aromatic nitrogens is 5. The lowest BCUT2D eigenvalue weighted by atomic mass is 9.96. The highest BCUT2D eigenvalue weighted by Gasteiger charge is 2.21. The Morgan fingerprint density at radius 3 is 2.82 bits per heavy atom. The standard InChI is InChI=1S/C15H18N6O/c1-4-15(2,16)11-5-6-17-12(20-11)10-9-21-8-7-18-13(21)14(19-10)22-3/h5-9H,4,16H2,1-3H3. The van der Waals surface area contributed by atoms with Gasteiger partial charge in [0.25, 0.3) is 5.88 Å². The molecule has 0 saturated heterocycles. The van der Waals surface area contributed by atoms with Crippen LogP contribution in [0.25, 0.3) is 17.2 Å². The maximum atomic E-state index is 6.26. The summed E-state index contributed by atoms with van der Waals surface area (Å²) in [5, 5.41) is 0. The van der Waals surface area contributed by atoms with Gasteiger partial charge in [0.1, 0.15) is 5.69 Å². The van der Waals surface area contributed by atoms with Gasteiger partial charge in [-0.1, -0.05) is 6.92 Å². The zero-order valence-corrected chi connectivity index (χ0v) is 12.8. The van der Waals surface area contributed by atoms with Gasteiger partial charge in [-0.3, -0.25) is 0 Å². The molecule has 0 spiro atoms. The summed E-state index contributed by atoms with van der Waals surface area (Å²) >= 11 is 0. The Morgan fingerprint density at radius 2 is 2.09 bits per heavy atom. The van der Waals surface area contributed by atoms with E-state index in [9.17, 15) is 0 Å². The molecule has 0 bridgehead atoms. The van der Waals surface area contributed by atoms with Gasteiger partial charge in [-0.05, 0) is 19.4 Å². The third kappa shape index (κ3) is 2.39. The van der Waals surface area contributed by atoms with E-state index in [4.69, 9.17) is 10.5 Å². The van der Waals surface area contributed by atoms with Crippen LogP contribution in [0.2, 0.25) is 0 Å². The van der Waals surface area contributed by atoms with Gasteiger partial charge in [0.05, 0.1) is 18.3 Å². The van der Waals surface area contributed by atoms with Crippen LogP contribution in [0.1, 0.15) is 26.0 Å². The van der Waals surface area contributed by atoms with E-state index in [-0.39, 0.29) is 0 Å². The quantitative estimate of drug-likeness (QED) is 0.789. The minimum Gasteiger partial charge on any atom is -0.478 e. The van der Waals surface area contributed by atoms with E-state index in [1.165, 1.54) is 0 Å². The van der Waals surface area contributed by atoms with Crippen molar-refractivity contribution in [3.63, 3.8) is 0 Å². The Bertz CT molecular complexity index is 811. The number of rotatable bonds is 4. The van der Waals surface area contributed by atoms with Crippen LogP contribution in [-0.4, -0.2) is 31.4 Å². The molecule has 3 heterocycles. The van der Waals surface area contributed by atoms with Crippen molar-refractivity contribution in [3.05, 3.63) is 36.5 Å². The van der Waals surface area contributed by atoms with Gasteiger partial charge in [0.2, 0.25) is 0 Å². The average molecular weight is 298 g/mol. The third-order valence-electron chi connectivity index (χ3n) is 3.74. The molecule has 0 saturated carbocycles. The van der Waals surface area contributed by atoms with Crippen molar-refractivity contribution in [1.29, 1.82) is 0 Å². The van der Waals surface area contributed by atoms with Crippen molar-refractivity contribution < 1.29 is 4.74 Å². The van der Waals surface area contributed by atoms with Crippen LogP contribution in [0.4, 0.5) is 0 Å². The van der Waals surface area contributed by atoms with Crippen molar-refractivity contribution >= 4 is 5.65 Å². The van der Waals surface area contributed by atoms with Crippen molar-refractivity contribution in [2.24, 2.45) is 5.73 Å². The molecule has 1 unspecified atom stereocenters. The van der Waals surface area contributed by atoms with E-state index < -0.39 is 5.54 Å². The number of imidazole rings is 1. The topological polar surface area (TPSA) is 91.2 Å². The lowest BCUT2D eigenvalue weighted by Gasteiger charge is -2.22. The third-order valence-corrected chi connectivity index (χ3v) is 3.74. The number of hydrogen-bond acceptors (Lipinski definition) is 6. The number of fused-ring (bicyclic) bond motifs is 1. The first-order valence-corrected chi connectivity index (χ1v) is 7.05. The van der Waals surface area contributed by atoms with Gasteiger partial charge in [-0.25, -0.2) is 19.9 Å². The molecular weight excluding hydrogens is 280 g/mol. The summed E-state index contributed by atoms with van der Waals surface area (Å²) in [5.41, 5.74) is 7.81. The fourth-order valence-electron chi connectivity index (χ4n) is 2.13. The van der Waals surface area contributed by atoms with E-state index in [0.29, 0.717) is 23.0 Å². The number of nitrogens with zero attached hydrogens (tertiary/aromatic N) is 5. The maximum Gasteiger partial charge on any atom is 0.258 e. The summed E-state index contributed by atoms with van der Waals surface area (Å²) in [7, 11) is 1.56. The molecule has 1 atom stereocenters. The van der Waals surface area contributed by atoms with Crippen LogP contribution in [0.5, 0.6) is 5.88 Å². The van der Waals surface area contributed by atoms with Gasteiger partial charge in [0.15, 0.2) is 11.5 Å². The summed E-state index contributed by atoms with van der Waals surface area (Å²) in [4.78, 5) is 17.5. The zero-order chi connectivity index (χ0) is 15.7. The molecular formula is C15H18N6O. The predicted molar refractivity (Wildman–Crippen MR) is 82.4 cm³/mol. The van der Waals surface area contributed by atoms with Crippen LogP contribution in [-0.2, 0) is 5.54 Å². The van der Waals surface area contributed by atoms with Crippen LogP contribution in [0, 0.1) is 0 Å². The first-order chi connectivity index (χ1) is 10.5. The fraction of sp³-hybridized carbons (Fsp3) is 0.333. The first kappa shape index (κ1) is 14.4. The molecule has 3 aromatic rings. The molecule has 0 aliphatic heterocycles. The molecule has 0 aliphatic rings. The van der Waals surface area contributed by atoms with E-state index >= 15 is 0 Å². The molecule has 114 valence electrons. The second-order valence-electron chi connectivity index (χ2n) is 5.33. The highest BCUT2D eigenvalue weighted by atomic mass is 16.5. The normalized spacial score (nSPS) is 14.0. The summed E-state index contributed by atoms with van der Waals surface area (Å²) in [6.07, 6.45) is 7.82. The van der Waals surface area contributed by atoms with E-state index in [1.54, 1.807) is 19.5 Å². The molecule has 3 rings (SSSR count). The van der Waals surface area contributed by atoms with Gasteiger partial charge >= 0.3 is 0 Å². The second kappa shape index (κ2) is 5.34. The maximum absolute atomic E-state index is 6.26. The fourth-order valence-corrected chi connectivity index (χ4v) is 2.13. The van der Waals surface area contributed by atoms with E-state index in [1.807, 2.05) is 36.7 Å². The molecule has 7 heteroatoms. The highest BCUT2D eigenvalue weighted by molar-refractivity contribution is 5.57. The minimum absolute atomic E-state index is 0.433. The van der Waals surface area contributed by atoms with Crippen LogP contribution < -0.4 is 10.5 Å². The van der Waals surface area contributed by atoms with Crippen molar-refractivity contribution in [2.45, 2.75) is 25.8 Å². The summed E-state index contributed by atoms with van der Waals surface area (Å²) in [5.74, 6) is 0.944. The van der Waals surface area contributed by atoms with Gasteiger partial charge < -0.3 is 14.9 Å². The van der Waals surface area contributed by atoms with Crippen molar-refractivity contribution in [1.82, 2.24) is 24.3 Å². The van der Waals surface area contributed by atoms with Gasteiger partial charge in [0, 0.05) is 24.8 Å². The van der Waals surface area contributed by atoms with Crippen molar-refractivity contribution in [3.8, 4) is 17.4 Å². The van der Waals surface area contributed by atoms with Crippen LogP contribution in [0.15, 0.2) is 30.9 Å². The highest BCUT2D eigenvalue weighted by Crippen LogP contribution is 2.23. The largest absolute Gasteiger partial charge is 0.478 e. The molecule has 3 aromatic heterocycles. The van der Waals surface area contributed by atoms with Gasteiger partial charge in [-0.2, -0.15) is 0 Å². The van der Waals surface area contributed by atoms with E-state index in [0.717, 1.165) is 12.1 Å². The molecule has 0 aromatic carbocycles. The number of nitrogens with two attached hydrogens (primary N) is 1. The molecule has 0 aliphatic carbocycles. The Labute approximate surface area is 128 Å². The molecule has 22 heavy (non-hydrogen) atoms. The molecule has 0 amide bonds. The Kier molecular flexibility index (Phi) is 3.50. The first-order valence-electron chi connectivity index (χ1n) is 7.05. The molecule has 0 radical (unpaired) electrons. The second-order valence-corrected chi connectivity index (χ2v) is 5.33. The van der Waals surface area contributed by atoms with Crippen molar-refractivity contribution in [2.75, 3.05) is 7.11 Å². The number of methoxy groups -OCH3 is 1.